The van der Waals surface area contributed by atoms with Gasteiger partial charge in [0.1, 0.15) is 6.61 Å². The molecule has 0 heterocycles. The van der Waals surface area contributed by atoms with Crippen LogP contribution in [0.25, 0.3) is 0 Å². The summed E-state index contributed by atoms with van der Waals surface area (Å²) in [6, 6.07) is 0. The zero-order valence-electron chi connectivity index (χ0n) is 30.7. The first-order chi connectivity index (χ1) is 23.1. The third-order valence-electron chi connectivity index (χ3n) is 8.57. The van der Waals surface area contributed by atoms with Crippen LogP contribution in [0.3, 0.4) is 0 Å². The van der Waals surface area contributed by atoms with Crippen molar-refractivity contribution in [2.24, 2.45) is 0 Å². The summed E-state index contributed by atoms with van der Waals surface area (Å²) in [6.07, 6.45) is 29.8. The molecule has 0 aliphatic heterocycles. The molecule has 0 aromatic carbocycles. The number of rotatable bonds is 36. The molecule has 0 aliphatic rings. The van der Waals surface area contributed by atoms with Crippen LogP contribution >= 0.6 is 7.82 Å². The van der Waals surface area contributed by atoms with Crippen molar-refractivity contribution in [2.75, 3.05) is 19.8 Å². The Hall–Kier alpha value is -1.48. The zero-order valence-corrected chi connectivity index (χ0v) is 31.6. The summed E-state index contributed by atoms with van der Waals surface area (Å²) in [7, 11) is -4.75. The molecule has 48 heavy (non-hydrogen) atoms. The Bertz CT molecular complexity index is 821. The van der Waals surface area contributed by atoms with E-state index in [2.05, 4.69) is 16.8 Å². The highest BCUT2D eigenvalue weighted by Crippen LogP contribution is 2.36. The first-order valence-corrected chi connectivity index (χ1v) is 21.0. The summed E-state index contributed by atoms with van der Waals surface area (Å²) >= 11 is 0. The minimum Gasteiger partial charge on any atom is -0.462 e. The van der Waals surface area contributed by atoms with Crippen LogP contribution < -0.4 is 5.32 Å². The van der Waals surface area contributed by atoms with Gasteiger partial charge in [-0.15, -0.1) is 0 Å². The fourth-order valence-corrected chi connectivity index (χ4v) is 6.05. The van der Waals surface area contributed by atoms with Crippen LogP contribution in [0.5, 0.6) is 0 Å². The predicted molar refractivity (Wildman–Crippen MR) is 192 cm³/mol. The van der Waals surface area contributed by atoms with E-state index in [1.54, 1.807) is 6.92 Å². The molecule has 1 atom stereocenters. The lowest BCUT2D eigenvalue weighted by molar-refractivity contribution is -0.161. The highest BCUT2D eigenvalue weighted by molar-refractivity contribution is 7.46. The van der Waals surface area contributed by atoms with Gasteiger partial charge < -0.3 is 24.6 Å². The quantitative estimate of drug-likeness (QED) is 0.0329. The van der Waals surface area contributed by atoms with Crippen molar-refractivity contribution in [3.63, 3.8) is 0 Å². The van der Waals surface area contributed by atoms with Crippen molar-refractivity contribution < 1.29 is 42.7 Å². The van der Waals surface area contributed by atoms with Gasteiger partial charge in [0.25, 0.3) is 0 Å². The van der Waals surface area contributed by atoms with Crippen molar-refractivity contribution in [2.45, 2.75) is 200 Å². The maximum atomic E-state index is 12.3. The van der Waals surface area contributed by atoms with E-state index < -0.39 is 32.5 Å². The van der Waals surface area contributed by atoms with Gasteiger partial charge in [0.05, 0.1) is 6.61 Å². The van der Waals surface area contributed by atoms with Gasteiger partial charge in [0.2, 0.25) is 5.91 Å². The standard InChI is InChI=1S/C37H72NO9P/c1-3-4-5-6-7-8-9-11-15-18-21-24-27-30-37(41)47-35(33-46-48(42,43)44)32-45-36(40)29-26-23-20-17-14-12-10-13-16-19-22-25-28-31-38-34(2)39/h35H,3-33H2,1-2H3,(H,38,39)(H2,42,43,44)/t35-/m1/s1. The van der Waals surface area contributed by atoms with Crippen molar-refractivity contribution in [3.05, 3.63) is 0 Å². The summed E-state index contributed by atoms with van der Waals surface area (Å²) < 4.78 is 26.3. The average Bonchev–Trinajstić information content (AvgIpc) is 3.03. The maximum Gasteiger partial charge on any atom is 0.469 e. The number of esters is 2. The van der Waals surface area contributed by atoms with Gasteiger partial charge in [-0.2, -0.15) is 0 Å². The lowest BCUT2D eigenvalue weighted by Crippen LogP contribution is -2.29. The van der Waals surface area contributed by atoms with Gasteiger partial charge in [-0.25, -0.2) is 4.57 Å². The lowest BCUT2D eigenvalue weighted by Gasteiger charge is -2.18. The summed E-state index contributed by atoms with van der Waals surface area (Å²) in [5.74, 6) is -0.856. The Morgan fingerprint density at radius 3 is 1.33 bits per heavy atom. The number of phosphoric ester groups is 1. The molecule has 0 aliphatic carbocycles. The van der Waals surface area contributed by atoms with E-state index in [9.17, 15) is 18.9 Å². The second kappa shape index (κ2) is 34.0. The van der Waals surface area contributed by atoms with E-state index in [4.69, 9.17) is 19.3 Å². The largest absolute Gasteiger partial charge is 0.469 e. The monoisotopic (exact) mass is 705 g/mol. The van der Waals surface area contributed by atoms with E-state index in [1.165, 1.54) is 109 Å². The number of nitrogens with one attached hydrogen (secondary N) is 1. The van der Waals surface area contributed by atoms with Gasteiger partial charge in [0, 0.05) is 26.3 Å². The molecule has 0 aromatic heterocycles. The SMILES string of the molecule is CCCCCCCCCCCCCCCC(=O)O[C@H](COC(=O)CCCCCCCCCCCCCCCNC(C)=O)COP(=O)(O)O. The molecule has 0 spiro atoms. The molecule has 10 nitrogen and oxygen atoms in total. The summed E-state index contributed by atoms with van der Waals surface area (Å²) in [6.45, 7) is 3.74. The normalized spacial score (nSPS) is 12.2. The number of hydrogen-bond donors (Lipinski definition) is 3. The molecule has 0 aromatic rings. The molecule has 0 saturated carbocycles. The van der Waals surface area contributed by atoms with Crippen molar-refractivity contribution in [3.8, 4) is 0 Å². The van der Waals surface area contributed by atoms with Gasteiger partial charge in [-0.05, 0) is 19.3 Å². The van der Waals surface area contributed by atoms with Crippen molar-refractivity contribution >= 4 is 25.7 Å². The van der Waals surface area contributed by atoms with Crippen molar-refractivity contribution in [1.82, 2.24) is 5.32 Å². The first-order valence-electron chi connectivity index (χ1n) is 19.4. The molecule has 0 fully saturated rings. The Morgan fingerprint density at radius 1 is 0.562 bits per heavy atom. The molecular weight excluding hydrogens is 633 g/mol. The maximum absolute atomic E-state index is 12.3. The summed E-state index contributed by atoms with van der Waals surface area (Å²) in [5, 5.41) is 2.83. The highest BCUT2D eigenvalue weighted by atomic mass is 31.2. The number of carbonyl (C=O) groups excluding carboxylic acids is 3. The number of carbonyl (C=O) groups is 3. The van der Waals surface area contributed by atoms with Gasteiger partial charge >= 0.3 is 19.8 Å². The Balaban J connectivity index is 3.88. The number of ether oxygens (including phenoxy) is 2. The molecule has 0 radical (unpaired) electrons. The van der Waals surface area contributed by atoms with Crippen LogP contribution in [0.4, 0.5) is 0 Å². The molecule has 0 rings (SSSR count). The van der Waals surface area contributed by atoms with E-state index in [1.807, 2.05) is 0 Å². The molecule has 0 bridgehead atoms. The Kier molecular flexibility index (Phi) is 32.9. The molecule has 284 valence electrons. The van der Waals surface area contributed by atoms with Crippen molar-refractivity contribution in [1.29, 1.82) is 0 Å². The van der Waals surface area contributed by atoms with E-state index in [0.29, 0.717) is 12.8 Å². The number of phosphoric acid groups is 1. The van der Waals surface area contributed by atoms with E-state index in [-0.39, 0.29) is 25.4 Å². The molecular formula is C37H72NO9P. The number of amides is 1. The van der Waals surface area contributed by atoms with Crippen LogP contribution in [0, 0.1) is 0 Å². The minimum atomic E-state index is -4.75. The van der Waals surface area contributed by atoms with Crippen LogP contribution in [-0.2, 0) is 32.9 Å². The summed E-state index contributed by atoms with van der Waals surface area (Å²) in [4.78, 5) is 53.5. The molecule has 0 unspecified atom stereocenters. The van der Waals surface area contributed by atoms with Crippen LogP contribution in [-0.4, -0.2) is 53.5 Å². The smallest absolute Gasteiger partial charge is 0.462 e. The predicted octanol–water partition coefficient (Wildman–Crippen LogP) is 9.63. The third-order valence-corrected chi connectivity index (χ3v) is 9.06. The zero-order chi connectivity index (χ0) is 35.6. The molecule has 3 N–H and O–H groups in total. The fourth-order valence-electron chi connectivity index (χ4n) is 5.69. The Morgan fingerprint density at radius 2 is 0.938 bits per heavy atom. The number of hydrogen-bond acceptors (Lipinski definition) is 7. The van der Waals surface area contributed by atoms with E-state index >= 15 is 0 Å². The van der Waals surface area contributed by atoms with Crippen LogP contribution in [0.1, 0.15) is 194 Å². The van der Waals surface area contributed by atoms with Gasteiger partial charge in [-0.1, -0.05) is 155 Å². The Labute approximate surface area is 292 Å². The summed E-state index contributed by atoms with van der Waals surface area (Å²) in [5.41, 5.74) is 0. The van der Waals surface area contributed by atoms with E-state index in [0.717, 1.165) is 51.5 Å². The third kappa shape index (κ3) is 37.3. The second-order valence-electron chi connectivity index (χ2n) is 13.4. The van der Waals surface area contributed by atoms with Gasteiger partial charge in [-0.3, -0.25) is 18.9 Å². The van der Waals surface area contributed by atoms with Crippen LogP contribution in [0.15, 0.2) is 0 Å². The fraction of sp³-hybridized carbons (Fsp3) is 0.919. The second-order valence-corrected chi connectivity index (χ2v) is 14.6. The molecule has 11 heteroatoms. The number of unbranched alkanes of at least 4 members (excludes halogenated alkanes) is 24. The molecule has 0 saturated heterocycles. The van der Waals surface area contributed by atoms with Gasteiger partial charge in [0.15, 0.2) is 6.10 Å². The lowest BCUT2D eigenvalue weighted by atomic mass is 10.0. The van der Waals surface area contributed by atoms with Crippen LogP contribution in [0.2, 0.25) is 0 Å². The highest BCUT2D eigenvalue weighted by Gasteiger charge is 2.22. The average molecular weight is 706 g/mol. The topological polar surface area (TPSA) is 148 Å². The first kappa shape index (κ1) is 46.5. The minimum absolute atomic E-state index is 0.0446. The molecule has 1 amide bonds.